The number of hydrogen-bond acceptors (Lipinski definition) is 9. The van der Waals surface area contributed by atoms with Crippen LogP contribution in [0.4, 0.5) is 5.82 Å². The number of nitrogen functional groups attached to an aromatic ring is 1. The van der Waals surface area contributed by atoms with Crippen LogP contribution in [-0.4, -0.2) is 67.1 Å². The summed E-state index contributed by atoms with van der Waals surface area (Å²) in [5.41, 5.74) is 8.72. The number of imidazole rings is 1. The van der Waals surface area contributed by atoms with E-state index in [0.717, 1.165) is 5.56 Å². The molecule has 2 aromatic heterocycles. The fourth-order valence-electron chi connectivity index (χ4n) is 3.41. The van der Waals surface area contributed by atoms with Crippen molar-refractivity contribution in [2.45, 2.75) is 38.4 Å². The Hall–Kier alpha value is -3.28. The minimum Gasteiger partial charge on any atom is -0.492 e. The summed E-state index contributed by atoms with van der Waals surface area (Å²) in [5, 5.41) is 23.5. The maximum atomic E-state index is 12.5. The van der Waals surface area contributed by atoms with Gasteiger partial charge in [0.15, 0.2) is 23.8 Å². The number of nitrogens with two attached hydrogens (primary N) is 1. The average molecular weight is 428 g/mol. The third-order valence-corrected chi connectivity index (χ3v) is 5.31. The zero-order valence-electron chi connectivity index (χ0n) is 17.1. The van der Waals surface area contributed by atoms with Gasteiger partial charge in [0.1, 0.15) is 36.4 Å². The second kappa shape index (κ2) is 8.46. The molecular weight excluding hydrogens is 404 g/mol. The Bertz CT molecular complexity index is 1100. The van der Waals surface area contributed by atoms with Crippen molar-refractivity contribution in [2.24, 2.45) is 0 Å². The molecule has 164 valence electrons. The van der Waals surface area contributed by atoms with Crippen LogP contribution in [0, 0.1) is 13.8 Å². The third kappa shape index (κ3) is 4.02. The molecule has 31 heavy (non-hydrogen) atoms. The SMILES string of the molecule is Cc1ccc(OCCNC(=O)[C@H]2O[C@@H](n3cnc4c(N)ncnc43)[C@H](O)[C@@H]2O)cc1C. The van der Waals surface area contributed by atoms with Crippen LogP contribution in [0.15, 0.2) is 30.9 Å². The highest BCUT2D eigenvalue weighted by molar-refractivity contribution is 5.82. The van der Waals surface area contributed by atoms with Crippen molar-refractivity contribution >= 4 is 22.9 Å². The molecule has 0 spiro atoms. The quantitative estimate of drug-likeness (QED) is 0.392. The molecule has 0 aliphatic carbocycles. The van der Waals surface area contributed by atoms with Crippen LogP contribution in [0.3, 0.4) is 0 Å². The molecule has 0 saturated carbocycles. The molecule has 3 heterocycles. The minimum atomic E-state index is -1.43. The van der Waals surface area contributed by atoms with E-state index in [9.17, 15) is 15.0 Å². The van der Waals surface area contributed by atoms with Gasteiger partial charge in [0.2, 0.25) is 0 Å². The van der Waals surface area contributed by atoms with Crippen LogP contribution in [0.1, 0.15) is 17.4 Å². The number of nitrogens with zero attached hydrogens (tertiary/aromatic N) is 4. The first kappa shape index (κ1) is 21.0. The van der Waals surface area contributed by atoms with Gasteiger partial charge < -0.3 is 30.7 Å². The largest absolute Gasteiger partial charge is 0.492 e. The van der Waals surface area contributed by atoms with E-state index >= 15 is 0 Å². The van der Waals surface area contributed by atoms with Gasteiger partial charge in [0, 0.05) is 0 Å². The first-order valence-corrected chi connectivity index (χ1v) is 9.79. The Kier molecular flexibility index (Phi) is 5.72. The van der Waals surface area contributed by atoms with Gasteiger partial charge >= 0.3 is 0 Å². The molecule has 1 saturated heterocycles. The van der Waals surface area contributed by atoms with Crippen molar-refractivity contribution in [1.82, 2.24) is 24.8 Å². The zero-order valence-corrected chi connectivity index (χ0v) is 17.1. The number of carbonyl (C=O) groups is 1. The van der Waals surface area contributed by atoms with Crippen molar-refractivity contribution in [3.63, 3.8) is 0 Å². The third-order valence-electron chi connectivity index (χ3n) is 5.31. The molecular formula is C20H24N6O5. The second-order valence-corrected chi connectivity index (χ2v) is 7.40. The molecule has 1 aliphatic heterocycles. The fraction of sp³-hybridized carbons (Fsp3) is 0.400. The standard InChI is InChI=1S/C20H24N6O5/c1-10-3-4-12(7-11(10)2)30-6-5-22-19(29)16-14(27)15(28)20(31-16)26-9-25-13-17(21)23-8-24-18(13)26/h3-4,7-9,14-16,20,27-28H,5-6H2,1-2H3,(H,22,29)(H2,21,23,24)/t14-,15+,16-,20+/m0/s1. The highest BCUT2D eigenvalue weighted by atomic mass is 16.6. The lowest BCUT2D eigenvalue weighted by atomic mass is 10.1. The van der Waals surface area contributed by atoms with E-state index < -0.39 is 30.4 Å². The van der Waals surface area contributed by atoms with Crippen molar-refractivity contribution < 1.29 is 24.5 Å². The van der Waals surface area contributed by atoms with Crippen molar-refractivity contribution in [3.8, 4) is 5.75 Å². The topological polar surface area (TPSA) is 158 Å². The smallest absolute Gasteiger partial charge is 0.252 e. The Labute approximate surface area is 177 Å². The lowest BCUT2D eigenvalue weighted by Crippen LogP contribution is -2.43. The van der Waals surface area contributed by atoms with Crippen molar-refractivity contribution in [1.29, 1.82) is 0 Å². The molecule has 1 fully saturated rings. The van der Waals surface area contributed by atoms with Gasteiger partial charge in [0.25, 0.3) is 5.91 Å². The Morgan fingerprint density at radius 2 is 2.03 bits per heavy atom. The lowest BCUT2D eigenvalue weighted by molar-refractivity contribution is -0.137. The second-order valence-electron chi connectivity index (χ2n) is 7.40. The molecule has 0 bridgehead atoms. The number of nitrogens with one attached hydrogen (secondary N) is 1. The number of carbonyl (C=O) groups excluding carboxylic acids is 1. The number of aromatic nitrogens is 4. The Morgan fingerprint density at radius 3 is 2.81 bits per heavy atom. The van der Waals surface area contributed by atoms with Gasteiger partial charge in [-0.25, -0.2) is 15.0 Å². The van der Waals surface area contributed by atoms with Crippen molar-refractivity contribution in [2.75, 3.05) is 18.9 Å². The van der Waals surface area contributed by atoms with Gasteiger partial charge in [-0.15, -0.1) is 0 Å². The van der Waals surface area contributed by atoms with Gasteiger partial charge in [-0.2, -0.15) is 0 Å². The molecule has 1 aromatic carbocycles. The molecule has 11 nitrogen and oxygen atoms in total. The van der Waals surface area contributed by atoms with E-state index in [1.54, 1.807) is 0 Å². The minimum absolute atomic E-state index is 0.176. The molecule has 0 radical (unpaired) electrons. The van der Waals surface area contributed by atoms with Crippen molar-refractivity contribution in [3.05, 3.63) is 42.0 Å². The molecule has 11 heteroatoms. The Morgan fingerprint density at radius 1 is 1.23 bits per heavy atom. The average Bonchev–Trinajstić information content (AvgIpc) is 3.30. The van der Waals surface area contributed by atoms with Crippen LogP contribution in [0.2, 0.25) is 0 Å². The zero-order chi connectivity index (χ0) is 22.1. The van der Waals surface area contributed by atoms with Crippen LogP contribution >= 0.6 is 0 Å². The number of benzene rings is 1. The Balaban J connectivity index is 1.36. The fourth-order valence-corrected chi connectivity index (χ4v) is 3.41. The van der Waals surface area contributed by atoms with E-state index in [1.807, 2.05) is 32.0 Å². The number of hydrogen-bond donors (Lipinski definition) is 4. The van der Waals surface area contributed by atoms with Crippen LogP contribution in [0.25, 0.3) is 11.2 Å². The number of aliphatic hydroxyl groups is 2. The molecule has 4 atom stereocenters. The first-order chi connectivity index (χ1) is 14.9. The highest BCUT2D eigenvalue weighted by Crippen LogP contribution is 2.32. The molecule has 3 aromatic rings. The van der Waals surface area contributed by atoms with Crippen LogP contribution in [0.5, 0.6) is 5.75 Å². The summed E-state index contributed by atoms with van der Waals surface area (Å²) in [4.78, 5) is 24.6. The normalized spacial score (nSPS) is 23.2. The van der Waals surface area contributed by atoms with E-state index in [2.05, 4.69) is 20.3 Å². The number of aryl methyl sites for hydroxylation is 2. The summed E-state index contributed by atoms with van der Waals surface area (Å²) in [6.07, 6.45) is -2.49. The van der Waals surface area contributed by atoms with Gasteiger partial charge in [-0.3, -0.25) is 9.36 Å². The summed E-state index contributed by atoms with van der Waals surface area (Å²) >= 11 is 0. The summed E-state index contributed by atoms with van der Waals surface area (Å²) in [6, 6.07) is 5.75. The number of ether oxygens (including phenoxy) is 2. The summed E-state index contributed by atoms with van der Waals surface area (Å²) < 4.78 is 12.7. The molecule has 5 N–H and O–H groups in total. The predicted octanol–water partition coefficient (Wildman–Crippen LogP) is -0.160. The number of rotatable bonds is 6. The highest BCUT2D eigenvalue weighted by Gasteiger charge is 2.47. The van der Waals surface area contributed by atoms with Crippen LogP contribution < -0.4 is 15.8 Å². The monoisotopic (exact) mass is 428 g/mol. The van der Waals surface area contributed by atoms with E-state index in [0.29, 0.717) is 16.9 Å². The van der Waals surface area contributed by atoms with E-state index in [-0.39, 0.29) is 19.0 Å². The summed E-state index contributed by atoms with van der Waals surface area (Å²) in [6.45, 7) is 4.46. The summed E-state index contributed by atoms with van der Waals surface area (Å²) in [5.74, 6) is 0.324. The van der Waals surface area contributed by atoms with E-state index in [1.165, 1.54) is 22.8 Å². The number of aliphatic hydroxyl groups excluding tert-OH is 2. The van der Waals surface area contributed by atoms with Crippen LogP contribution in [-0.2, 0) is 9.53 Å². The maximum Gasteiger partial charge on any atom is 0.252 e. The van der Waals surface area contributed by atoms with Gasteiger partial charge in [-0.05, 0) is 37.1 Å². The number of anilines is 1. The number of fused-ring (bicyclic) bond motifs is 1. The molecule has 1 aliphatic rings. The lowest BCUT2D eigenvalue weighted by Gasteiger charge is -2.16. The van der Waals surface area contributed by atoms with Gasteiger partial charge in [0.05, 0.1) is 12.9 Å². The molecule has 0 unspecified atom stereocenters. The number of amides is 1. The van der Waals surface area contributed by atoms with Gasteiger partial charge in [-0.1, -0.05) is 6.07 Å². The predicted molar refractivity (Wildman–Crippen MR) is 110 cm³/mol. The van der Waals surface area contributed by atoms with E-state index in [4.69, 9.17) is 15.2 Å². The molecule has 4 rings (SSSR count). The molecule has 1 amide bonds. The first-order valence-electron chi connectivity index (χ1n) is 9.79. The summed E-state index contributed by atoms with van der Waals surface area (Å²) in [7, 11) is 0. The maximum absolute atomic E-state index is 12.5.